The number of carbonyl (C=O) groups is 1. The van der Waals surface area contributed by atoms with Gasteiger partial charge in [-0.2, -0.15) is 0 Å². The fourth-order valence-corrected chi connectivity index (χ4v) is 1.75. The molecule has 0 aliphatic carbocycles. The van der Waals surface area contributed by atoms with Gasteiger partial charge < -0.3 is 5.73 Å². The molecule has 7 heteroatoms. The van der Waals surface area contributed by atoms with E-state index in [1.54, 1.807) is 6.07 Å². The maximum atomic E-state index is 12.0. The van der Waals surface area contributed by atoms with Crippen molar-refractivity contribution >= 4 is 29.3 Å². The number of aryl methyl sites for hydroxylation is 2. The summed E-state index contributed by atoms with van der Waals surface area (Å²) in [5.74, 6) is -0.0685. The van der Waals surface area contributed by atoms with Gasteiger partial charge >= 0.3 is 0 Å². The molecule has 0 bridgehead atoms. The highest BCUT2D eigenvalue weighted by Crippen LogP contribution is 2.16. The van der Waals surface area contributed by atoms with Crippen molar-refractivity contribution in [3.05, 3.63) is 40.3 Å². The molecule has 2 aromatic rings. The number of hydrogen-bond donors (Lipinski definition) is 2. The van der Waals surface area contributed by atoms with Gasteiger partial charge in [-0.3, -0.25) is 10.1 Å². The molecule has 2 aromatic heterocycles. The summed E-state index contributed by atoms with van der Waals surface area (Å²) in [5, 5.41) is 2.76. The van der Waals surface area contributed by atoms with E-state index in [9.17, 15) is 4.79 Å². The van der Waals surface area contributed by atoms with Gasteiger partial charge in [-0.05, 0) is 32.0 Å². The number of amides is 1. The Kier molecular flexibility index (Phi) is 3.62. The molecule has 19 heavy (non-hydrogen) atoms. The first-order chi connectivity index (χ1) is 8.95. The van der Waals surface area contributed by atoms with Gasteiger partial charge in [0.05, 0.1) is 5.02 Å². The average molecular weight is 278 g/mol. The van der Waals surface area contributed by atoms with Crippen LogP contribution in [0.3, 0.4) is 0 Å². The minimum Gasteiger partial charge on any atom is -0.384 e. The second kappa shape index (κ2) is 5.19. The standard InChI is InChI=1S/C12H12ClN5O/c1-6-5-7(2)16-12(15-6)18-11(19)10-8(13)3-4-9(14)17-10/h3-5H,1-2H3,(H2,14,17)(H,15,16,18,19). The number of anilines is 2. The quantitative estimate of drug-likeness (QED) is 0.875. The lowest BCUT2D eigenvalue weighted by molar-refractivity contribution is 0.102. The van der Waals surface area contributed by atoms with Crippen molar-refractivity contribution in [2.45, 2.75) is 13.8 Å². The van der Waals surface area contributed by atoms with Crippen LogP contribution in [-0.4, -0.2) is 20.9 Å². The van der Waals surface area contributed by atoms with E-state index >= 15 is 0 Å². The Morgan fingerprint density at radius 1 is 1.21 bits per heavy atom. The highest BCUT2D eigenvalue weighted by Gasteiger charge is 2.14. The largest absolute Gasteiger partial charge is 0.384 e. The molecule has 0 radical (unpaired) electrons. The lowest BCUT2D eigenvalue weighted by Crippen LogP contribution is -2.17. The predicted octanol–water partition coefficient (Wildman–Crippen LogP) is 1.98. The number of rotatable bonds is 2. The molecule has 0 aliphatic heterocycles. The van der Waals surface area contributed by atoms with E-state index in [1.165, 1.54) is 12.1 Å². The van der Waals surface area contributed by atoms with Gasteiger partial charge in [0.15, 0.2) is 0 Å². The summed E-state index contributed by atoms with van der Waals surface area (Å²) in [4.78, 5) is 24.1. The Bertz CT molecular complexity index is 624. The molecule has 0 spiro atoms. The number of nitrogens with one attached hydrogen (secondary N) is 1. The van der Waals surface area contributed by atoms with Crippen LogP contribution in [0.4, 0.5) is 11.8 Å². The zero-order valence-corrected chi connectivity index (χ0v) is 11.2. The molecule has 0 aliphatic rings. The third-order valence-corrected chi connectivity index (χ3v) is 2.60. The fourth-order valence-electron chi connectivity index (χ4n) is 1.56. The second-order valence-corrected chi connectivity index (χ2v) is 4.40. The highest BCUT2D eigenvalue weighted by atomic mass is 35.5. The summed E-state index contributed by atoms with van der Waals surface area (Å²) in [6, 6.07) is 4.84. The lowest BCUT2D eigenvalue weighted by Gasteiger charge is -2.06. The summed E-state index contributed by atoms with van der Waals surface area (Å²) in [6.45, 7) is 3.63. The number of nitrogens with zero attached hydrogens (tertiary/aromatic N) is 3. The summed E-state index contributed by atoms with van der Waals surface area (Å²) >= 11 is 5.90. The number of carbonyl (C=O) groups excluding carboxylic acids is 1. The minimum atomic E-state index is -0.498. The molecular formula is C12H12ClN5O. The van der Waals surface area contributed by atoms with Gasteiger partial charge in [0, 0.05) is 11.4 Å². The van der Waals surface area contributed by atoms with Gasteiger partial charge in [-0.25, -0.2) is 15.0 Å². The van der Waals surface area contributed by atoms with Crippen LogP contribution >= 0.6 is 11.6 Å². The van der Waals surface area contributed by atoms with Gasteiger partial charge in [0.1, 0.15) is 11.5 Å². The number of aromatic nitrogens is 3. The topological polar surface area (TPSA) is 93.8 Å². The SMILES string of the molecule is Cc1cc(C)nc(NC(=O)c2nc(N)ccc2Cl)n1. The van der Waals surface area contributed by atoms with Gasteiger partial charge in [-0.1, -0.05) is 11.6 Å². The van der Waals surface area contributed by atoms with Crippen LogP contribution in [0, 0.1) is 13.8 Å². The molecule has 0 atom stereocenters. The summed E-state index contributed by atoms with van der Waals surface area (Å²) in [5.41, 5.74) is 7.09. The Hall–Kier alpha value is -2.21. The molecule has 6 nitrogen and oxygen atoms in total. The Balaban J connectivity index is 2.28. The van der Waals surface area contributed by atoms with E-state index in [1.807, 2.05) is 13.8 Å². The maximum Gasteiger partial charge on any atom is 0.278 e. The molecule has 3 N–H and O–H groups in total. The monoisotopic (exact) mass is 277 g/mol. The van der Waals surface area contributed by atoms with E-state index in [2.05, 4.69) is 20.3 Å². The van der Waals surface area contributed by atoms with Crippen molar-refractivity contribution in [2.75, 3.05) is 11.1 Å². The molecular weight excluding hydrogens is 266 g/mol. The van der Waals surface area contributed by atoms with Crippen molar-refractivity contribution in [1.29, 1.82) is 0 Å². The average Bonchev–Trinajstić information content (AvgIpc) is 2.30. The van der Waals surface area contributed by atoms with Crippen LogP contribution < -0.4 is 11.1 Å². The van der Waals surface area contributed by atoms with Crippen LogP contribution in [0.5, 0.6) is 0 Å². The van der Waals surface area contributed by atoms with Crippen molar-refractivity contribution in [2.24, 2.45) is 0 Å². The zero-order valence-electron chi connectivity index (χ0n) is 10.4. The number of hydrogen-bond acceptors (Lipinski definition) is 5. The molecule has 0 unspecified atom stereocenters. The van der Waals surface area contributed by atoms with Crippen LogP contribution in [0.2, 0.25) is 5.02 Å². The number of nitrogen functional groups attached to an aromatic ring is 1. The minimum absolute atomic E-state index is 0.0458. The third kappa shape index (κ3) is 3.17. The van der Waals surface area contributed by atoms with E-state index < -0.39 is 5.91 Å². The third-order valence-electron chi connectivity index (χ3n) is 2.29. The molecule has 1 amide bonds. The normalized spacial score (nSPS) is 10.3. The van der Waals surface area contributed by atoms with E-state index in [4.69, 9.17) is 17.3 Å². The summed E-state index contributed by atoms with van der Waals surface area (Å²) < 4.78 is 0. The van der Waals surface area contributed by atoms with Crippen molar-refractivity contribution in [1.82, 2.24) is 15.0 Å². The Morgan fingerprint density at radius 3 is 2.47 bits per heavy atom. The highest BCUT2D eigenvalue weighted by molar-refractivity contribution is 6.34. The van der Waals surface area contributed by atoms with Crippen molar-refractivity contribution < 1.29 is 4.79 Å². The molecule has 2 heterocycles. The molecule has 2 rings (SSSR count). The fraction of sp³-hybridized carbons (Fsp3) is 0.167. The van der Waals surface area contributed by atoms with Crippen LogP contribution in [-0.2, 0) is 0 Å². The first-order valence-corrected chi connectivity index (χ1v) is 5.89. The Morgan fingerprint density at radius 2 is 1.84 bits per heavy atom. The summed E-state index contributed by atoms with van der Waals surface area (Å²) in [7, 11) is 0. The van der Waals surface area contributed by atoms with Crippen molar-refractivity contribution in [3.8, 4) is 0 Å². The van der Waals surface area contributed by atoms with E-state index in [-0.39, 0.29) is 22.5 Å². The van der Waals surface area contributed by atoms with E-state index in [0.717, 1.165) is 11.4 Å². The predicted molar refractivity (Wildman–Crippen MR) is 73.1 cm³/mol. The number of pyridine rings is 1. The maximum absolute atomic E-state index is 12.0. The second-order valence-electron chi connectivity index (χ2n) is 3.99. The molecule has 0 saturated heterocycles. The van der Waals surface area contributed by atoms with E-state index in [0.29, 0.717) is 0 Å². The molecule has 98 valence electrons. The van der Waals surface area contributed by atoms with Gasteiger partial charge in [-0.15, -0.1) is 0 Å². The van der Waals surface area contributed by atoms with Gasteiger partial charge in [0.2, 0.25) is 5.95 Å². The number of halogens is 1. The first-order valence-electron chi connectivity index (χ1n) is 5.51. The molecule has 0 saturated carbocycles. The van der Waals surface area contributed by atoms with Crippen LogP contribution in [0.1, 0.15) is 21.9 Å². The van der Waals surface area contributed by atoms with Gasteiger partial charge in [0.25, 0.3) is 5.91 Å². The van der Waals surface area contributed by atoms with Crippen LogP contribution in [0.15, 0.2) is 18.2 Å². The Labute approximate surface area is 115 Å². The summed E-state index contributed by atoms with van der Waals surface area (Å²) in [6.07, 6.45) is 0. The molecule has 0 fully saturated rings. The smallest absolute Gasteiger partial charge is 0.278 e. The lowest BCUT2D eigenvalue weighted by atomic mass is 10.3. The van der Waals surface area contributed by atoms with Crippen LogP contribution in [0.25, 0.3) is 0 Å². The van der Waals surface area contributed by atoms with Crippen molar-refractivity contribution in [3.63, 3.8) is 0 Å². The zero-order chi connectivity index (χ0) is 14.0. The first kappa shape index (κ1) is 13.2. The molecule has 0 aromatic carbocycles. The number of nitrogens with two attached hydrogens (primary N) is 1.